The van der Waals surface area contributed by atoms with Crippen molar-refractivity contribution in [1.29, 1.82) is 0 Å². The molecule has 0 radical (unpaired) electrons. The van der Waals surface area contributed by atoms with Crippen LogP contribution in [0.15, 0.2) is 55.6 Å². The van der Waals surface area contributed by atoms with E-state index < -0.39 is 35.1 Å². The Morgan fingerprint density at radius 2 is 1.78 bits per heavy atom. The van der Waals surface area contributed by atoms with Crippen molar-refractivity contribution in [3.63, 3.8) is 0 Å². The Morgan fingerprint density at radius 1 is 1.15 bits per heavy atom. The summed E-state index contributed by atoms with van der Waals surface area (Å²) in [6.07, 6.45) is 4.64. The number of aliphatic hydroxyl groups is 1. The molecule has 8 nitrogen and oxygen atoms in total. The molecule has 3 aliphatic heterocycles. The topological polar surface area (TPSA) is 90.4 Å². The van der Waals surface area contributed by atoms with Crippen LogP contribution < -0.4 is 0 Å². The van der Waals surface area contributed by atoms with Gasteiger partial charge in [0.1, 0.15) is 11.6 Å². The molecule has 2 bridgehead atoms. The first-order chi connectivity index (χ1) is 19.5. The zero-order valence-corrected chi connectivity index (χ0v) is 25.3. The fourth-order valence-electron chi connectivity index (χ4n) is 7.59. The largest absolute Gasteiger partial charge is 0.394 e. The van der Waals surface area contributed by atoms with Crippen LogP contribution in [0.3, 0.4) is 0 Å². The fraction of sp³-hybridized carbons (Fsp3) is 0.606. The van der Waals surface area contributed by atoms with Crippen LogP contribution in [0.4, 0.5) is 0 Å². The highest BCUT2D eigenvalue weighted by molar-refractivity contribution is 5.99. The number of hydrogen-bond donors (Lipinski definition) is 1. The molecule has 3 unspecified atom stereocenters. The minimum atomic E-state index is -1.17. The SMILES string of the molecule is C=CCN(Cc1ccccc1)C(=O)C1N([C@@H](CO)C(C)C)C(=O)[C@@H]2[C@H](C(=O)N(CC=C)CCC)[C@@]3(C)OC12CC3C. The van der Waals surface area contributed by atoms with Gasteiger partial charge < -0.3 is 24.5 Å². The lowest BCUT2D eigenvalue weighted by molar-refractivity contribution is -0.158. The quantitative estimate of drug-likeness (QED) is 0.369. The molecule has 1 spiro atoms. The second-order valence-corrected chi connectivity index (χ2v) is 12.5. The number of carbonyl (C=O) groups is 3. The molecule has 0 aromatic heterocycles. The van der Waals surface area contributed by atoms with Crippen molar-refractivity contribution in [3.8, 4) is 0 Å². The molecular formula is C33H47N3O5. The van der Waals surface area contributed by atoms with Crippen LogP contribution >= 0.6 is 0 Å². The van der Waals surface area contributed by atoms with E-state index in [1.54, 1.807) is 26.9 Å². The Balaban J connectivity index is 1.85. The van der Waals surface area contributed by atoms with Gasteiger partial charge in [-0.1, -0.05) is 70.2 Å². The number of benzene rings is 1. The molecule has 7 atom stereocenters. The molecule has 41 heavy (non-hydrogen) atoms. The zero-order chi connectivity index (χ0) is 30.1. The zero-order valence-electron chi connectivity index (χ0n) is 25.3. The Labute approximate surface area is 245 Å². The van der Waals surface area contributed by atoms with Crippen LogP contribution in [0.2, 0.25) is 0 Å². The number of ether oxygens (including phenoxy) is 1. The number of fused-ring (bicyclic) bond motifs is 1. The average Bonchev–Trinajstić information content (AvgIpc) is 3.45. The van der Waals surface area contributed by atoms with E-state index in [9.17, 15) is 19.5 Å². The third-order valence-corrected chi connectivity index (χ3v) is 9.60. The summed E-state index contributed by atoms with van der Waals surface area (Å²) in [7, 11) is 0. The summed E-state index contributed by atoms with van der Waals surface area (Å²) in [4.78, 5) is 48.6. The van der Waals surface area contributed by atoms with Gasteiger partial charge in [-0.05, 0) is 37.2 Å². The molecule has 8 heteroatoms. The van der Waals surface area contributed by atoms with E-state index in [1.807, 2.05) is 58.0 Å². The summed E-state index contributed by atoms with van der Waals surface area (Å²) >= 11 is 0. The second-order valence-electron chi connectivity index (χ2n) is 12.5. The van der Waals surface area contributed by atoms with Crippen molar-refractivity contribution >= 4 is 17.7 Å². The molecule has 3 heterocycles. The summed E-state index contributed by atoms with van der Waals surface area (Å²) in [6.45, 7) is 18.9. The molecule has 0 aliphatic carbocycles. The smallest absolute Gasteiger partial charge is 0.249 e. The van der Waals surface area contributed by atoms with Crippen LogP contribution in [0.25, 0.3) is 0 Å². The molecular weight excluding hydrogens is 518 g/mol. The van der Waals surface area contributed by atoms with E-state index in [2.05, 4.69) is 20.1 Å². The summed E-state index contributed by atoms with van der Waals surface area (Å²) in [5, 5.41) is 10.5. The molecule has 1 aromatic rings. The van der Waals surface area contributed by atoms with Crippen molar-refractivity contribution in [3.05, 3.63) is 61.2 Å². The summed E-state index contributed by atoms with van der Waals surface area (Å²) in [6, 6.07) is 8.14. The van der Waals surface area contributed by atoms with E-state index in [0.29, 0.717) is 26.1 Å². The third-order valence-electron chi connectivity index (χ3n) is 9.60. The van der Waals surface area contributed by atoms with Crippen molar-refractivity contribution < 1.29 is 24.2 Å². The van der Waals surface area contributed by atoms with Gasteiger partial charge in [-0.3, -0.25) is 14.4 Å². The molecule has 0 saturated carbocycles. The summed E-state index contributed by atoms with van der Waals surface area (Å²) in [5.41, 5.74) is -1.11. The van der Waals surface area contributed by atoms with E-state index in [4.69, 9.17) is 4.74 Å². The maximum absolute atomic E-state index is 14.7. The predicted molar refractivity (Wildman–Crippen MR) is 158 cm³/mol. The number of hydrogen-bond acceptors (Lipinski definition) is 5. The van der Waals surface area contributed by atoms with E-state index in [1.165, 1.54) is 0 Å². The minimum Gasteiger partial charge on any atom is -0.394 e. The minimum absolute atomic E-state index is 0.0587. The van der Waals surface area contributed by atoms with Gasteiger partial charge in [0, 0.05) is 26.2 Å². The van der Waals surface area contributed by atoms with Crippen molar-refractivity contribution in [2.24, 2.45) is 23.7 Å². The van der Waals surface area contributed by atoms with Crippen LogP contribution in [0.1, 0.15) is 53.0 Å². The summed E-state index contributed by atoms with van der Waals surface area (Å²) < 4.78 is 6.92. The van der Waals surface area contributed by atoms with Gasteiger partial charge in [0.2, 0.25) is 17.7 Å². The lowest BCUT2D eigenvalue weighted by atomic mass is 9.62. The Morgan fingerprint density at radius 3 is 2.34 bits per heavy atom. The van der Waals surface area contributed by atoms with E-state index in [-0.39, 0.29) is 42.7 Å². The highest BCUT2D eigenvalue weighted by atomic mass is 16.5. The van der Waals surface area contributed by atoms with E-state index in [0.717, 1.165) is 12.0 Å². The number of likely N-dealkylation sites (tertiary alicyclic amines) is 1. The van der Waals surface area contributed by atoms with Crippen LogP contribution in [0, 0.1) is 23.7 Å². The van der Waals surface area contributed by atoms with Crippen LogP contribution in [0.5, 0.6) is 0 Å². The number of nitrogens with zero attached hydrogens (tertiary/aromatic N) is 3. The van der Waals surface area contributed by atoms with Gasteiger partial charge in [-0.25, -0.2) is 0 Å². The molecule has 224 valence electrons. The average molecular weight is 566 g/mol. The molecule has 1 N–H and O–H groups in total. The van der Waals surface area contributed by atoms with Crippen LogP contribution in [-0.2, 0) is 25.7 Å². The van der Waals surface area contributed by atoms with Crippen molar-refractivity contribution in [1.82, 2.24) is 14.7 Å². The molecule has 3 amide bonds. The van der Waals surface area contributed by atoms with Crippen molar-refractivity contribution in [2.45, 2.75) is 77.3 Å². The van der Waals surface area contributed by atoms with Crippen LogP contribution in [-0.4, -0.2) is 87.1 Å². The highest BCUT2D eigenvalue weighted by Crippen LogP contribution is 2.66. The molecule has 3 aliphatic rings. The molecule has 1 aromatic carbocycles. The number of amides is 3. The maximum Gasteiger partial charge on any atom is 0.249 e. The van der Waals surface area contributed by atoms with Gasteiger partial charge in [-0.15, -0.1) is 13.2 Å². The normalized spacial score (nSPS) is 30.8. The lowest BCUT2D eigenvalue weighted by Gasteiger charge is -2.40. The van der Waals surface area contributed by atoms with Gasteiger partial charge in [-0.2, -0.15) is 0 Å². The molecule has 3 fully saturated rings. The van der Waals surface area contributed by atoms with Gasteiger partial charge in [0.05, 0.1) is 30.1 Å². The molecule has 4 rings (SSSR count). The summed E-state index contributed by atoms with van der Waals surface area (Å²) in [5.74, 6) is -2.39. The third kappa shape index (κ3) is 5.03. The number of rotatable bonds is 13. The number of carbonyl (C=O) groups excluding carboxylic acids is 3. The van der Waals surface area contributed by atoms with Gasteiger partial charge in [0.15, 0.2) is 0 Å². The Kier molecular flexibility index (Phi) is 9.14. The van der Waals surface area contributed by atoms with Gasteiger partial charge >= 0.3 is 0 Å². The van der Waals surface area contributed by atoms with E-state index >= 15 is 0 Å². The monoisotopic (exact) mass is 565 g/mol. The second kappa shape index (κ2) is 12.1. The lowest BCUT2D eigenvalue weighted by Crippen LogP contribution is -2.59. The fourth-order valence-corrected chi connectivity index (χ4v) is 7.59. The number of aliphatic hydroxyl groups excluding tert-OH is 1. The predicted octanol–water partition coefficient (Wildman–Crippen LogP) is 3.65. The van der Waals surface area contributed by atoms with Gasteiger partial charge in [0.25, 0.3) is 0 Å². The Hall–Kier alpha value is -2.97. The Bertz CT molecular complexity index is 1150. The first-order valence-electron chi connectivity index (χ1n) is 15.0. The first kappa shape index (κ1) is 31.0. The van der Waals surface area contributed by atoms with Crippen molar-refractivity contribution in [2.75, 3.05) is 26.2 Å². The first-order valence-corrected chi connectivity index (χ1v) is 15.0. The highest BCUT2D eigenvalue weighted by Gasteiger charge is 2.80. The standard InChI is InChI=1S/C33H47N3O5/c1-8-16-34(17-9-2)29(38)26-27-30(39)36(25(21-37)22(4)5)28(33(27)19-23(6)32(26,7)41-33)31(40)35(18-10-3)20-24-14-12-11-13-15-24/h8,10-15,22-23,25-28,37H,1,3,9,16-21H2,2,4-7H3/t23?,25-,26+,27-,28?,32-,33?/m0/s1. The maximum atomic E-state index is 14.7. The molecule has 3 saturated heterocycles.